The van der Waals surface area contributed by atoms with E-state index in [9.17, 15) is 0 Å². The van der Waals surface area contributed by atoms with Crippen LogP contribution in [0.5, 0.6) is 5.75 Å². The molecule has 0 unspecified atom stereocenters. The van der Waals surface area contributed by atoms with Crippen LogP contribution in [0.15, 0.2) is 24.3 Å². The molecule has 0 aliphatic heterocycles. The van der Waals surface area contributed by atoms with E-state index in [0.29, 0.717) is 13.2 Å². The second kappa shape index (κ2) is 5.89. The van der Waals surface area contributed by atoms with Crippen molar-refractivity contribution in [3.63, 3.8) is 0 Å². The van der Waals surface area contributed by atoms with Crippen LogP contribution in [0, 0.1) is 6.92 Å². The van der Waals surface area contributed by atoms with Crippen molar-refractivity contribution in [2.75, 3.05) is 13.2 Å². The highest BCUT2D eigenvalue weighted by molar-refractivity contribution is 6.74. The minimum Gasteiger partial charge on any atom is -0.491 e. The maximum atomic E-state index is 6.06. The van der Waals surface area contributed by atoms with E-state index in [0.717, 1.165) is 5.75 Å². The number of benzene rings is 1. The fourth-order valence-corrected chi connectivity index (χ4v) is 2.40. The zero-order valence-electron chi connectivity index (χ0n) is 12.5. The summed E-state index contributed by atoms with van der Waals surface area (Å²) in [7, 11) is -1.63. The molecule has 0 heterocycles. The summed E-state index contributed by atoms with van der Waals surface area (Å²) in [4.78, 5) is 0. The van der Waals surface area contributed by atoms with Gasteiger partial charge in [0.05, 0.1) is 6.61 Å². The van der Waals surface area contributed by atoms with Gasteiger partial charge in [0.25, 0.3) is 0 Å². The largest absolute Gasteiger partial charge is 0.491 e. The number of rotatable bonds is 5. The van der Waals surface area contributed by atoms with Crippen LogP contribution in [0.4, 0.5) is 0 Å². The van der Waals surface area contributed by atoms with E-state index in [1.165, 1.54) is 5.56 Å². The molecule has 0 spiro atoms. The molecule has 102 valence electrons. The second-order valence-corrected chi connectivity index (χ2v) is 11.1. The van der Waals surface area contributed by atoms with Gasteiger partial charge in [0.15, 0.2) is 8.32 Å². The molecule has 0 aromatic heterocycles. The van der Waals surface area contributed by atoms with Crippen LogP contribution in [0.3, 0.4) is 0 Å². The lowest BCUT2D eigenvalue weighted by molar-refractivity contribution is 0.203. The Morgan fingerprint density at radius 2 is 1.78 bits per heavy atom. The van der Waals surface area contributed by atoms with Gasteiger partial charge in [-0.25, -0.2) is 0 Å². The highest BCUT2D eigenvalue weighted by Gasteiger charge is 2.36. The highest BCUT2D eigenvalue weighted by atomic mass is 28.4. The first-order valence-electron chi connectivity index (χ1n) is 6.56. The lowest BCUT2D eigenvalue weighted by Gasteiger charge is -2.36. The summed E-state index contributed by atoms with van der Waals surface area (Å²) < 4.78 is 11.8. The SMILES string of the molecule is Cc1cccc(OCCO[Si](C)(C)C(C)(C)C)c1. The van der Waals surface area contributed by atoms with Gasteiger partial charge in [-0.05, 0) is 42.8 Å². The van der Waals surface area contributed by atoms with E-state index in [4.69, 9.17) is 9.16 Å². The fourth-order valence-electron chi connectivity index (χ4n) is 1.38. The summed E-state index contributed by atoms with van der Waals surface area (Å²) in [6.45, 7) is 14.6. The van der Waals surface area contributed by atoms with E-state index in [1.807, 2.05) is 18.2 Å². The summed E-state index contributed by atoms with van der Waals surface area (Å²) in [5, 5.41) is 0.260. The maximum absolute atomic E-state index is 6.06. The van der Waals surface area contributed by atoms with Crippen LogP contribution in [-0.2, 0) is 4.43 Å². The molecule has 0 saturated carbocycles. The molecule has 1 aromatic carbocycles. The van der Waals surface area contributed by atoms with Gasteiger partial charge in [-0.1, -0.05) is 32.9 Å². The Bertz CT molecular complexity index is 380. The monoisotopic (exact) mass is 266 g/mol. The minimum atomic E-state index is -1.63. The Labute approximate surface area is 112 Å². The molecule has 0 saturated heterocycles. The van der Waals surface area contributed by atoms with Crippen LogP contribution < -0.4 is 4.74 Å². The van der Waals surface area contributed by atoms with Gasteiger partial charge in [-0.2, -0.15) is 0 Å². The summed E-state index contributed by atoms with van der Waals surface area (Å²) in [5.41, 5.74) is 1.22. The molecule has 0 aliphatic rings. The van der Waals surface area contributed by atoms with Gasteiger partial charge in [-0.3, -0.25) is 0 Å². The van der Waals surface area contributed by atoms with Gasteiger partial charge < -0.3 is 9.16 Å². The van der Waals surface area contributed by atoms with E-state index >= 15 is 0 Å². The number of aryl methyl sites for hydroxylation is 1. The first-order valence-corrected chi connectivity index (χ1v) is 9.47. The fraction of sp³-hybridized carbons (Fsp3) is 0.600. The van der Waals surface area contributed by atoms with Crippen LogP contribution in [0.25, 0.3) is 0 Å². The zero-order chi connectivity index (χ0) is 13.8. The lowest BCUT2D eigenvalue weighted by atomic mass is 10.2. The van der Waals surface area contributed by atoms with Gasteiger partial charge in [-0.15, -0.1) is 0 Å². The molecular weight excluding hydrogens is 240 g/mol. The van der Waals surface area contributed by atoms with Crippen molar-refractivity contribution in [3.8, 4) is 5.75 Å². The molecule has 0 bridgehead atoms. The van der Waals surface area contributed by atoms with Crippen LogP contribution >= 0.6 is 0 Å². The Morgan fingerprint density at radius 3 is 2.33 bits per heavy atom. The van der Waals surface area contributed by atoms with Crippen LogP contribution in [0.2, 0.25) is 18.1 Å². The van der Waals surface area contributed by atoms with Crippen molar-refractivity contribution in [1.82, 2.24) is 0 Å². The first-order chi connectivity index (χ1) is 8.22. The summed E-state index contributed by atoms with van der Waals surface area (Å²) >= 11 is 0. The average molecular weight is 266 g/mol. The Balaban J connectivity index is 2.35. The van der Waals surface area contributed by atoms with Crippen molar-refractivity contribution in [3.05, 3.63) is 29.8 Å². The standard InChI is InChI=1S/C15H26O2Si/c1-13-8-7-9-14(12-13)16-10-11-17-18(5,6)15(2,3)4/h7-9,12H,10-11H2,1-6H3. The summed E-state index contributed by atoms with van der Waals surface area (Å²) in [6, 6.07) is 8.12. The predicted octanol–water partition coefficient (Wildman–Crippen LogP) is 4.40. The van der Waals surface area contributed by atoms with E-state index in [-0.39, 0.29) is 5.04 Å². The first kappa shape index (κ1) is 15.3. The minimum absolute atomic E-state index is 0.260. The molecule has 0 fully saturated rings. The molecular formula is C15H26O2Si. The average Bonchev–Trinajstić information content (AvgIpc) is 2.23. The summed E-state index contributed by atoms with van der Waals surface area (Å²) in [5.74, 6) is 0.925. The van der Waals surface area contributed by atoms with Gasteiger partial charge >= 0.3 is 0 Å². The third-order valence-corrected chi connectivity index (χ3v) is 8.15. The van der Waals surface area contributed by atoms with Gasteiger partial charge in [0.2, 0.25) is 0 Å². The van der Waals surface area contributed by atoms with E-state index < -0.39 is 8.32 Å². The van der Waals surface area contributed by atoms with Crippen molar-refractivity contribution >= 4 is 8.32 Å². The van der Waals surface area contributed by atoms with Crippen molar-refractivity contribution in [1.29, 1.82) is 0 Å². The quantitative estimate of drug-likeness (QED) is 0.581. The topological polar surface area (TPSA) is 18.5 Å². The molecule has 2 nitrogen and oxygen atoms in total. The molecule has 1 aromatic rings. The van der Waals surface area contributed by atoms with Gasteiger partial charge in [0.1, 0.15) is 12.4 Å². The smallest absolute Gasteiger partial charge is 0.192 e. The third kappa shape index (κ3) is 4.46. The van der Waals surface area contributed by atoms with E-state index in [1.54, 1.807) is 0 Å². The predicted molar refractivity (Wildman–Crippen MR) is 79.8 cm³/mol. The van der Waals surface area contributed by atoms with Crippen molar-refractivity contribution in [2.24, 2.45) is 0 Å². The lowest BCUT2D eigenvalue weighted by Crippen LogP contribution is -2.41. The second-order valence-electron chi connectivity index (χ2n) is 6.27. The van der Waals surface area contributed by atoms with E-state index in [2.05, 4.69) is 46.9 Å². The molecule has 0 atom stereocenters. The zero-order valence-corrected chi connectivity index (χ0v) is 13.5. The maximum Gasteiger partial charge on any atom is 0.192 e. The number of ether oxygens (including phenoxy) is 1. The molecule has 18 heavy (non-hydrogen) atoms. The third-order valence-electron chi connectivity index (χ3n) is 3.61. The summed E-state index contributed by atoms with van der Waals surface area (Å²) in [6.07, 6.45) is 0. The molecule has 3 heteroatoms. The van der Waals surface area contributed by atoms with Crippen LogP contribution in [-0.4, -0.2) is 21.5 Å². The highest BCUT2D eigenvalue weighted by Crippen LogP contribution is 2.36. The molecule has 0 aliphatic carbocycles. The molecule has 0 radical (unpaired) electrons. The Hall–Kier alpha value is -0.803. The van der Waals surface area contributed by atoms with Crippen molar-refractivity contribution in [2.45, 2.75) is 45.8 Å². The Kier molecular flexibility index (Phi) is 4.99. The molecule has 1 rings (SSSR count). The number of hydrogen-bond donors (Lipinski definition) is 0. The normalized spacial score (nSPS) is 12.6. The van der Waals surface area contributed by atoms with Gasteiger partial charge in [0, 0.05) is 0 Å². The van der Waals surface area contributed by atoms with Crippen molar-refractivity contribution < 1.29 is 9.16 Å². The number of hydrogen-bond acceptors (Lipinski definition) is 2. The van der Waals surface area contributed by atoms with Crippen LogP contribution in [0.1, 0.15) is 26.3 Å². The Morgan fingerprint density at radius 1 is 1.11 bits per heavy atom. The molecule has 0 amide bonds. The molecule has 0 N–H and O–H groups in total.